The molecule has 1 rings (SSSR count). The number of nitrogens with zero attached hydrogens (tertiary/aromatic N) is 2. The zero-order valence-corrected chi connectivity index (χ0v) is 7.95. The maximum absolute atomic E-state index is 13.1. The third kappa shape index (κ3) is 2.05. The summed E-state index contributed by atoms with van der Waals surface area (Å²) < 4.78 is 13.1. The molecule has 1 aromatic rings. The first-order valence-electron chi connectivity index (χ1n) is 3.52. The van der Waals surface area contributed by atoms with Gasteiger partial charge >= 0.3 is 0 Å². The zero-order chi connectivity index (χ0) is 9.14. The normalized spacial score (nSPS) is 10.3. The highest BCUT2D eigenvalue weighted by molar-refractivity contribution is 6.31. The summed E-state index contributed by atoms with van der Waals surface area (Å²) in [4.78, 5) is 7.18. The minimum atomic E-state index is -0.567. The van der Waals surface area contributed by atoms with Crippen molar-refractivity contribution in [1.29, 1.82) is 0 Å². The molecule has 0 atom stereocenters. The lowest BCUT2D eigenvalue weighted by Gasteiger charge is -2.01. The summed E-state index contributed by atoms with van der Waals surface area (Å²) in [5.41, 5.74) is 0.280. The lowest BCUT2D eigenvalue weighted by molar-refractivity contribution is 0.588. The van der Waals surface area contributed by atoms with Gasteiger partial charge < -0.3 is 0 Å². The van der Waals surface area contributed by atoms with Gasteiger partial charge in [0.1, 0.15) is 0 Å². The molecular formula is C7H7Cl2FN2. The Morgan fingerprint density at radius 3 is 2.58 bits per heavy atom. The van der Waals surface area contributed by atoms with E-state index in [1.807, 2.05) is 6.92 Å². The van der Waals surface area contributed by atoms with Gasteiger partial charge in [0.15, 0.2) is 11.0 Å². The van der Waals surface area contributed by atoms with Gasteiger partial charge in [0, 0.05) is 0 Å². The number of hydrogen-bond acceptors (Lipinski definition) is 2. The molecule has 0 aliphatic carbocycles. The van der Waals surface area contributed by atoms with Crippen LogP contribution in [0.25, 0.3) is 0 Å². The van der Waals surface area contributed by atoms with Crippen LogP contribution in [-0.4, -0.2) is 9.97 Å². The molecule has 0 bridgehead atoms. The van der Waals surface area contributed by atoms with Gasteiger partial charge in [-0.2, -0.15) is 0 Å². The van der Waals surface area contributed by atoms with E-state index in [9.17, 15) is 4.39 Å². The van der Waals surface area contributed by atoms with Crippen LogP contribution in [0.15, 0.2) is 0 Å². The van der Waals surface area contributed by atoms with Gasteiger partial charge in [-0.3, -0.25) is 0 Å². The molecular weight excluding hydrogens is 202 g/mol. The number of rotatable bonds is 2. The summed E-state index contributed by atoms with van der Waals surface area (Å²) in [6, 6.07) is 0. The SMILES string of the molecule is CCCc1nc(Cl)nc(Cl)c1F. The van der Waals surface area contributed by atoms with Crippen LogP contribution in [0.2, 0.25) is 10.4 Å². The van der Waals surface area contributed by atoms with Crippen molar-refractivity contribution >= 4 is 23.2 Å². The van der Waals surface area contributed by atoms with E-state index in [0.717, 1.165) is 6.42 Å². The topological polar surface area (TPSA) is 25.8 Å². The van der Waals surface area contributed by atoms with Gasteiger partial charge in [0.25, 0.3) is 0 Å². The molecule has 0 amide bonds. The number of aromatic nitrogens is 2. The Morgan fingerprint density at radius 2 is 2.00 bits per heavy atom. The van der Waals surface area contributed by atoms with Gasteiger partial charge in [-0.05, 0) is 18.0 Å². The molecule has 0 aliphatic heterocycles. The Balaban J connectivity index is 3.09. The van der Waals surface area contributed by atoms with Gasteiger partial charge in [-0.25, -0.2) is 14.4 Å². The monoisotopic (exact) mass is 208 g/mol. The molecule has 0 N–H and O–H groups in total. The Bertz CT molecular complexity index is 291. The molecule has 0 saturated carbocycles. The predicted molar refractivity (Wildman–Crippen MR) is 46.0 cm³/mol. The maximum atomic E-state index is 13.1. The summed E-state index contributed by atoms with van der Waals surface area (Å²) in [6.45, 7) is 1.92. The molecule has 0 fully saturated rings. The fourth-order valence-electron chi connectivity index (χ4n) is 0.837. The molecule has 5 heteroatoms. The fourth-order valence-corrected chi connectivity index (χ4v) is 1.26. The van der Waals surface area contributed by atoms with Crippen LogP contribution in [0.3, 0.4) is 0 Å². The van der Waals surface area contributed by atoms with Crippen LogP contribution < -0.4 is 0 Å². The second-order valence-corrected chi connectivity index (χ2v) is 2.99. The molecule has 0 saturated heterocycles. The van der Waals surface area contributed by atoms with Crippen molar-refractivity contribution in [1.82, 2.24) is 9.97 Å². The minimum absolute atomic E-state index is 0.00940. The Morgan fingerprint density at radius 1 is 1.33 bits per heavy atom. The Kier molecular flexibility index (Phi) is 3.23. The van der Waals surface area contributed by atoms with Gasteiger partial charge in [0.2, 0.25) is 5.28 Å². The standard InChI is InChI=1S/C7H7Cl2FN2/c1-2-3-4-5(10)6(8)12-7(9)11-4/h2-3H2,1H3. The highest BCUT2D eigenvalue weighted by Gasteiger charge is 2.10. The molecule has 66 valence electrons. The molecule has 0 unspecified atom stereocenters. The Hall–Kier alpha value is -0.410. The van der Waals surface area contributed by atoms with Crippen LogP contribution in [0, 0.1) is 5.82 Å². The van der Waals surface area contributed by atoms with Crippen molar-refractivity contribution in [2.75, 3.05) is 0 Å². The summed E-state index contributed by atoms with van der Waals surface area (Å²) in [5.74, 6) is -0.567. The number of aryl methyl sites for hydroxylation is 1. The van der Waals surface area contributed by atoms with E-state index in [4.69, 9.17) is 23.2 Å². The summed E-state index contributed by atoms with van der Waals surface area (Å²) in [7, 11) is 0. The van der Waals surface area contributed by atoms with Crippen molar-refractivity contribution < 1.29 is 4.39 Å². The lowest BCUT2D eigenvalue weighted by atomic mass is 10.2. The average Bonchev–Trinajstić information content (AvgIpc) is 2.00. The molecule has 0 aromatic carbocycles. The highest BCUT2D eigenvalue weighted by atomic mass is 35.5. The van der Waals surface area contributed by atoms with E-state index in [1.54, 1.807) is 0 Å². The average molecular weight is 209 g/mol. The smallest absolute Gasteiger partial charge is 0.220 e. The second kappa shape index (κ2) is 4.01. The summed E-state index contributed by atoms with van der Waals surface area (Å²) in [5, 5.41) is -0.219. The molecule has 0 radical (unpaired) electrons. The summed E-state index contributed by atoms with van der Waals surface area (Å²) >= 11 is 10.9. The van der Waals surface area contributed by atoms with Crippen molar-refractivity contribution in [3.05, 3.63) is 21.9 Å². The number of halogens is 3. The van der Waals surface area contributed by atoms with Gasteiger partial charge in [-0.1, -0.05) is 24.9 Å². The highest BCUT2D eigenvalue weighted by Crippen LogP contribution is 2.17. The zero-order valence-electron chi connectivity index (χ0n) is 6.44. The van der Waals surface area contributed by atoms with E-state index >= 15 is 0 Å². The third-order valence-corrected chi connectivity index (χ3v) is 1.76. The summed E-state index contributed by atoms with van der Waals surface area (Å²) in [6.07, 6.45) is 1.31. The third-order valence-electron chi connectivity index (χ3n) is 1.34. The quantitative estimate of drug-likeness (QED) is 0.552. The van der Waals surface area contributed by atoms with Gasteiger partial charge in [0.05, 0.1) is 5.69 Å². The minimum Gasteiger partial charge on any atom is -0.220 e. The largest absolute Gasteiger partial charge is 0.224 e. The fraction of sp³-hybridized carbons (Fsp3) is 0.429. The van der Waals surface area contributed by atoms with Crippen LogP contribution in [-0.2, 0) is 6.42 Å². The van der Waals surface area contributed by atoms with Crippen molar-refractivity contribution in [3.8, 4) is 0 Å². The molecule has 1 heterocycles. The molecule has 12 heavy (non-hydrogen) atoms. The van der Waals surface area contributed by atoms with Crippen LogP contribution in [0.4, 0.5) is 4.39 Å². The molecule has 0 spiro atoms. The first-order chi connectivity index (χ1) is 5.65. The van der Waals surface area contributed by atoms with Crippen LogP contribution >= 0.6 is 23.2 Å². The van der Waals surface area contributed by atoms with Crippen molar-refractivity contribution in [2.45, 2.75) is 19.8 Å². The van der Waals surface area contributed by atoms with E-state index in [2.05, 4.69) is 9.97 Å². The molecule has 1 aromatic heterocycles. The molecule has 0 aliphatic rings. The van der Waals surface area contributed by atoms with E-state index in [0.29, 0.717) is 6.42 Å². The van der Waals surface area contributed by atoms with Crippen LogP contribution in [0.5, 0.6) is 0 Å². The van der Waals surface area contributed by atoms with Crippen molar-refractivity contribution in [2.24, 2.45) is 0 Å². The van der Waals surface area contributed by atoms with Gasteiger partial charge in [-0.15, -0.1) is 0 Å². The second-order valence-electron chi connectivity index (χ2n) is 2.29. The lowest BCUT2D eigenvalue weighted by Crippen LogP contribution is -1.98. The number of hydrogen-bond donors (Lipinski definition) is 0. The first-order valence-corrected chi connectivity index (χ1v) is 4.28. The van der Waals surface area contributed by atoms with E-state index in [-0.39, 0.29) is 16.1 Å². The first kappa shape index (κ1) is 9.68. The Labute approximate surface area is 79.7 Å². The van der Waals surface area contributed by atoms with E-state index in [1.165, 1.54) is 0 Å². The van der Waals surface area contributed by atoms with Crippen LogP contribution in [0.1, 0.15) is 19.0 Å². The molecule has 2 nitrogen and oxygen atoms in total. The maximum Gasteiger partial charge on any atom is 0.224 e. The van der Waals surface area contributed by atoms with Crippen molar-refractivity contribution in [3.63, 3.8) is 0 Å². The predicted octanol–water partition coefficient (Wildman–Crippen LogP) is 2.88. The van der Waals surface area contributed by atoms with E-state index < -0.39 is 5.82 Å².